The monoisotopic (exact) mass is 173 g/mol. The zero-order valence-corrected chi connectivity index (χ0v) is 6.59. The lowest BCUT2D eigenvalue weighted by molar-refractivity contribution is 0.145. The van der Waals surface area contributed by atoms with Gasteiger partial charge in [-0.15, -0.1) is 0 Å². The van der Waals surface area contributed by atoms with Gasteiger partial charge in [-0.1, -0.05) is 6.07 Å². The molecule has 66 valence electrons. The number of rotatable bonds is 2. The van der Waals surface area contributed by atoms with Gasteiger partial charge in [-0.3, -0.25) is 0 Å². The van der Waals surface area contributed by atoms with Crippen molar-refractivity contribution >= 4 is 0 Å². The first-order valence-corrected chi connectivity index (χ1v) is 3.50. The third-order valence-corrected chi connectivity index (χ3v) is 1.60. The highest BCUT2D eigenvalue weighted by Gasteiger charge is 2.09. The van der Waals surface area contributed by atoms with Crippen LogP contribution in [0.2, 0.25) is 0 Å². The topological polar surface area (TPSA) is 33.1 Å². The van der Waals surface area contributed by atoms with Crippen molar-refractivity contribution in [2.24, 2.45) is 0 Å². The number of hydrogen-bond donors (Lipinski definition) is 1. The van der Waals surface area contributed by atoms with E-state index in [9.17, 15) is 8.78 Å². The molecule has 0 atom stereocenters. The summed E-state index contributed by atoms with van der Waals surface area (Å²) in [6, 6.07) is 2.79. The van der Waals surface area contributed by atoms with Crippen LogP contribution in [-0.2, 0) is 6.61 Å². The largest absolute Gasteiger partial charge is 0.390 e. The van der Waals surface area contributed by atoms with Crippen LogP contribution in [0.4, 0.5) is 8.78 Å². The molecule has 0 fully saturated rings. The Bertz CT molecular complexity index is 276. The number of aryl methyl sites for hydroxylation is 1. The molecule has 0 bridgehead atoms. The van der Waals surface area contributed by atoms with E-state index in [1.807, 2.05) is 0 Å². The fourth-order valence-corrected chi connectivity index (χ4v) is 0.869. The van der Waals surface area contributed by atoms with E-state index >= 15 is 0 Å². The fourth-order valence-electron chi connectivity index (χ4n) is 0.869. The molecule has 4 heteroatoms. The molecule has 0 unspecified atom stereocenters. The zero-order valence-electron chi connectivity index (χ0n) is 6.59. The Morgan fingerprint density at radius 1 is 1.50 bits per heavy atom. The first kappa shape index (κ1) is 9.06. The highest BCUT2D eigenvalue weighted by Crippen LogP contribution is 2.17. The third-order valence-electron chi connectivity index (χ3n) is 1.60. The summed E-state index contributed by atoms with van der Waals surface area (Å²) in [7, 11) is 0. The fraction of sp³-hybridized carbons (Fsp3) is 0.375. The summed E-state index contributed by atoms with van der Waals surface area (Å²) in [6.45, 7) is 1.42. The Kier molecular flexibility index (Phi) is 2.70. The maximum Gasteiger partial charge on any atom is 0.280 e. The summed E-state index contributed by atoms with van der Waals surface area (Å²) in [5.41, 5.74) is 0.749. The predicted molar refractivity (Wildman–Crippen MR) is 39.9 cm³/mol. The minimum Gasteiger partial charge on any atom is -0.390 e. The van der Waals surface area contributed by atoms with Crippen LogP contribution < -0.4 is 0 Å². The number of hydrogen-bond acceptors (Lipinski definition) is 2. The van der Waals surface area contributed by atoms with Crippen LogP contribution in [-0.4, -0.2) is 10.1 Å². The van der Waals surface area contributed by atoms with Gasteiger partial charge in [0, 0.05) is 0 Å². The van der Waals surface area contributed by atoms with Crippen LogP contribution in [0.25, 0.3) is 0 Å². The quantitative estimate of drug-likeness (QED) is 0.739. The van der Waals surface area contributed by atoms with E-state index in [1.54, 1.807) is 6.92 Å². The van der Waals surface area contributed by atoms with E-state index in [0.29, 0.717) is 5.69 Å². The lowest BCUT2D eigenvalue weighted by Gasteiger charge is -2.03. The molecule has 1 N–H and O–H groups in total. The van der Waals surface area contributed by atoms with E-state index in [-0.39, 0.29) is 12.3 Å². The number of aromatic nitrogens is 1. The summed E-state index contributed by atoms with van der Waals surface area (Å²) < 4.78 is 24.1. The van der Waals surface area contributed by atoms with Gasteiger partial charge in [0.2, 0.25) is 0 Å². The Hall–Kier alpha value is -1.03. The molecule has 0 aromatic carbocycles. The zero-order chi connectivity index (χ0) is 9.14. The van der Waals surface area contributed by atoms with Crippen molar-refractivity contribution in [1.29, 1.82) is 0 Å². The van der Waals surface area contributed by atoms with Crippen molar-refractivity contribution in [3.05, 3.63) is 29.1 Å². The summed E-state index contributed by atoms with van der Waals surface area (Å²) >= 11 is 0. The molecule has 0 aliphatic rings. The maximum atomic E-state index is 12.1. The van der Waals surface area contributed by atoms with Crippen molar-refractivity contribution < 1.29 is 13.9 Å². The van der Waals surface area contributed by atoms with Crippen molar-refractivity contribution in [3.8, 4) is 0 Å². The summed E-state index contributed by atoms with van der Waals surface area (Å²) in [5.74, 6) is 0. The van der Waals surface area contributed by atoms with Crippen LogP contribution in [0.5, 0.6) is 0 Å². The summed E-state index contributed by atoms with van der Waals surface area (Å²) in [6.07, 6.45) is -2.57. The van der Waals surface area contributed by atoms with Crippen LogP contribution >= 0.6 is 0 Å². The smallest absolute Gasteiger partial charge is 0.280 e. The molecule has 0 spiro atoms. The number of alkyl halides is 2. The molecular formula is C8H9F2NO. The molecule has 1 rings (SSSR count). The van der Waals surface area contributed by atoms with E-state index < -0.39 is 6.43 Å². The molecule has 2 nitrogen and oxygen atoms in total. The van der Waals surface area contributed by atoms with E-state index in [0.717, 1.165) is 5.56 Å². The molecule has 0 radical (unpaired) electrons. The molecule has 0 saturated carbocycles. The minimum absolute atomic E-state index is 0.287. The molecule has 1 aromatic rings. The predicted octanol–water partition coefficient (Wildman–Crippen LogP) is 1.82. The second-order valence-electron chi connectivity index (χ2n) is 2.46. The first-order chi connectivity index (χ1) is 5.65. The van der Waals surface area contributed by atoms with Gasteiger partial charge in [0.25, 0.3) is 6.43 Å². The number of nitrogens with zero attached hydrogens (tertiary/aromatic N) is 1. The highest BCUT2D eigenvalue weighted by molar-refractivity contribution is 5.21. The van der Waals surface area contributed by atoms with Crippen LogP contribution in [0.15, 0.2) is 12.1 Å². The Labute approximate surface area is 68.9 Å². The molecule has 1 aromatic heterocycles. The van der Waals surface area contributed by atoms with Gasteiger partial charge >= 0.3 is 0 Å². The van der Waals surface area contributed by atoms with Crippen LogP contribution in [0, 0.1) is 6.92 Å². The first-order valence-electron chi connectivity index (χ1n) is 3.50. The minimum atomic E-state index is -2.57. The molecule has 0 saturated heterocycles. The molecule has 0 aliphatic heterocycles. The van der Waals surface area contributed by atoms with E-state index in [1.165, 1.54) is 12.1 Å². The van der Waals surface area contributed by atoms with E-state index in [2.05, 4.69) is 4.98 Å². The normalized spacial score (nSPS) is 10.8. The second kappa shape index (κ2) is 3.58. The summed E-state index contributed by atoms with van der Waals surface area (Å²) in [5, 5.41) is 8.72. The number of aliphatic hydroxyl groups excluding tert-OH is 1. The second-order valence-corrected chi connectivity index (χ2v) is 2.46. The Balaban J connectivity index is 3.05. The number of halogens is 2. The van der Waals surface area contributed by atoms with Gasteiger partial charge in [-0.2, -0.15) is 0 Å². The molecule has 0 aliphatic carbocycles. The van der Waals surface area contributed by atoms with Gasteiger partial charge < -0.3 is 5.11 Å². The number of aliphatic hydroxyl groups is 1. The average molecular weight is 173 g/mol. The molecule has 0 amide bonds. The van der Waals surface area contributed by atoms with Gasteiger partial charge in [-0.25, -0.2) is 13.8 Å². The Morgan fingerprint density at radius 2 is 2.17 bits per heavy atom. The van der Waals surface area contributed by atoms with Gasteiger partial charge in [-0.05, 0) is 18.6 Å². The van der Waals surface area contributed by atoms with Crippen LogP contribution in [0.1, 0.15) is 23.4 Å². The van der Waals surface area contributed by atoms with E-state index in [4.69, 9.17) is 5.11 Å². The van der Waals surface area contributed by atoms with Crippen molar-refractivity contribution in [3.63, 3.8) is 0 Å². The molecule has 12 heavy (non-hydrogen) atoms. The SMILES string of the molecule is Cc1ccc(C(F)F)nc1CO. The lowest BCUT2D eigenvalue weighted by atomic mass is 10.2. The molecular weight excluding hydrogens is 164 g/mol. The van der Waals surface area contributed by atoms with Crippen molar-refractivity contribution in [2.45, 2.75) is 20.0 Å². The lowest BCUT2D eigenvalue weighted by Crippen LogP contribution is -1.98. The summed E-state index contributed by atoms with van der Waals surface area (Å²) in [4.78, 5) is 3.59. The van der Waals surface area contributed by atoms with Crippen molar-refractivity contribution in [2.75, 3.05) is 0 Å². The van der Waals surface area contributed by atoms with Gasteiger partial charge in [0.1, 0.15) is 5.69 Å². The average Bonchev–Trinajstić information content (AvgIpc) is 2.05. The maximum absolute atomic E-state index is 12.1. The highest BCUT2D eigenvalue weighted by atomic mass is 19.3. The van der Waals surface area contributed by atoms with Crippen molar-refractivity contribution in [1.82, 2.24) is 4.98 Å². The third kappa shape index (κ3) is 1.76. The number of pyridine rings is 1. The standard InChI is InChI=1S/C8H9F2NO/c1-5-2-3-6(8(9)10)11-7(5)4-12/h2-3,8,12H,4H2,1H3. The van der Waals surface area contributed by atoms with Gasteiger partial charge in [0.15, 0.2) is 0 Å². The molecule has 1 heterocycles. The van der Waals surface area contributed by atoms with Crippen LogP contribution in [0.3, 0.4) is 0 Å². The Morgan fingerprint density at radius 3 is 2.67 bits per heavy atom. The van der Waals surface area contributed by atoms with Gasteiger partial charge in [0.05, 0.1) is 12.3 Å².